The van der Waals surface area contributed by atoms with Crippen molar-refractivity contribution in [1.82, 2.24) is 5.32 Å². The number of hydrogen-bond acceptors (Lipinski definition) is 3. The molecule has 2 atom stereocenters. The van der Waals surface area contributed by atoms with Crippen LogP contribution in [0.2, 0.25) is 0 Å². The Morgan fingerprint density at radius 2 is 2.18 bits per heavy atom. The summed E-state index contributed by atoms with van der Waals surface area (Å²) >= 11 is 3.93. The van der Waals surface area contributed by atoms with E-state index in [9.17, 15) is 0 Å². The van der Waals surface area contributed by atoms with Gasteiger partial charge in [-0.3, -0.25) is 4.99 Å². The van der Waals surface area contributed by atoms with Crippen molar-refractivity contribution in [3.63, 3.8) is 0 Å². The first-order valence-corrected chi connectivity index (χ1v) is 9.00. The molecule has 1 heterocycles. The molecule has 1 saturated carbocycles. The SMILES string of the molecule is CCC1(CC)CSC(=NC2CCC(SC)C2)N1. The molecule has 98 valence electrons. The molecule has 1 N–H and O–H groups in total. The van der Waals surface area contributed by atoms with Crippen molar-refractivity contribution in [2.24, 2.45) is 4.99 Å². The molecule has 2 rings (SSSR count). The Balaban J connectivity index is 1.92. The number of amidine groups is 1. The van der Waals surface area contributed by atoms with Gasteiger partial charge in [0.05, 0.1) is 6.04 Å². The quantitative estimate of drug-likeness (QED) is 0.847. The minimum Gasteiger partial charge on any atom is -0.359 e. The van der Waals surface area contributed by atoms with Crippen LogP contribution in [-0.4, -0.2) is 34.0 Å². The maximum absolute atomic E-state index is 4.92. The van der Waals surface area contributed by atoms with E-state index in [1.54, 1.807) is 0 Å². The van der Waals surface area contributed by atoms with E-state index in [2.05, 4.69) is 25.4 Å². The highest BCUT2D eigenvalue weighted by atomic mass is 32.2. The van der Waals surface area contributed by atoms with Crippen molar-refractivity contribution in [3.05, 3.63) is 0 Å². The van der Waals surface area contributed by atoms with E-state index in [0.29, 0.717) is 11.6 Å². The Bertz CT molecular complexity index is 287. The highest BCUT2D eigenvalue weighted by molar-refractivity contribution is 8.14. The van der Waals surface area contributed by atoms with Crippen LogP contribution in [0, 0.1) is 0 Å². The Morgan fingerprint density at radius 3 is 2.71 bits per heavy atom. The lowest BCUT2D eigenvalue weighted by atomic mass is 9.96. The summed E-state index contributed by atoms with van der Waals surface area (Å²) < 4.78 is 0. The highest BCUT2D eigenvalue weighted by Crippen LogP contribution is 2.33. The molecule has 2 fully saturated rings. The van der Waals surface area contributed by atoms with Gasteiger partial charge in [0, 0.05) is 16.5 Å². The predicted octanol–water partition coefficient (Wildman–Crippen LogP) is 3.52. The minimum absolute atomic E-state index is 0.320. The molecule has 0 amide bonds. The summed E-state index contributed by atoms with van der Waals surface area (Å²) in [5.74, 6) is 1.19. The van der Waals surface area contributed by atoms with Gasteiger partial charge in [0.15, 0.2) is 5.17 Å². The molecule has 2 nitrogen and oxygen atoms in total. The average Bonchev–Trinajstić information content (AvgIpc) is 2.97. The number of nitrogens with zero attached hydrogens (tertiary/aromatic N) is 1. The van der Waals surface area contributed by atoms with E-state index in [1.165, 1.54) is 43.0 Å². The summed E-state index contributed by atoms with van der Waals surface area (Å²) in [6.07, 6.45) is 8.53. The van der Waals surface area contributed by atoms with E-state index in [0.717, 1.165) is 5.25 Å². The standard InChI is InChI=1S/C13H24N2S2/c1-4-13(5-2)9-17-12(15-13)14-10-6-7-11(8-10)16-3/h10-11H,4-9H2,1-3H3,(H,14,15). The average molecular weight is 272 g/mol. The minimum atomic E-state index is 0.320. The van der Waals surface area contributed by atoms with Crippen LogP contribution in [0.15, 0.2) is 4.99 Å². The van der Waals surface area contributed by atoms with E-state index in [4.69, 9.17) is 4.99 Å². The fraction of sp³-hybridized carbons (Fsp3) is 0.923. The number of hydrogen-bond donors (Lipinski definition) is 1. The molecule has 0 spiro atoms. The van der Waals surface area contributed by atoms with Crippen LogP contribution < -0.4 is 5.32 Å². The molecule has 1 aliphatic heterocycles. The second kappa shape index (κ2) is 5.87. The topological polar surface area (TPSA) is 24.4 Å². The van der Waals surface area contributed by atoms with Gasteiger partial charge in [0.25, 0.3) is 0 Å². The molecular weight excluding hydrogens is 248 g/mol. The zero-order chi connectivity index (χ0) is 12.3. The molecule has 2 unspecified atom stereocenters. The molecular formula is C13H24N2S2. The third-order valence-corrected chi connectivity index (χ3v) is 6.47. The lowest BCUT2D eigenvalue weighted by molar-refractivity contribution is 0.407. The molecule has 0 aromatic carbocycles. The Kier molecular flexibility index (Phi) is 4.70. The van der Waals surface area contributed by atoms with Gasteiger partial charge in [0.1, 0.15) is 0 Å². The molecule has 0 radical (unpaired) electrons. The smallest absolute Gasteiger partial charge is 0.157 e. The lowest BCUT2D eigenvalue weighted by Crippen LogP contribution is -2.42. The number of thioether (sulfide) groups is 2. The summed E-state index contributed by atoms with van der Waals surface area (Å²) in [6, 6.07) is 0.576. The van der Waals surface area contributed by atoms with Crippen molar-refractivity contribution in [3.8, 4) is 0 Å². The molecule has 0 bridgehead atoms. The maximum atomic E-state index is 4.92. The van der Waals surface area contributed by atoms with Crippen molar-refractivity contribution in [2.45, 2.75) is 62.8 Å². The fourth-order valence-electron chi connectivity index (χ4n) is 2.62. The molecule has 17 heavy (non-hydrogen) atoms. The summed E-state index contributed by atoms with van der Waals surface area (Å²) in [7, 11) is 0. The largest absolute Gasteiger partial charge is 0.359 e. The zero-order valence-corrected chi connectivity index (χ0v) is 12.8. The van der Waals surface area contributed by atoms with E-state index < -0.39 is 0 Å². The van der Waals surface area contributed by atoms with Crippen LogP contribution in [-0.2, 0) is 0 Å². The van der Waals surface area contributed by atoms with Crippen LogP contribution in [0.3, 0.4) is 0 Å². The van der Waals surface area contributed by atoms with Gasteiger partial charge in [-0.1, -0.05) is 25.6 Å². The summed E-state index contributed by atoms with van der Waals surface area (Å²) in [5, 5.41) is 5.72. The summed E-state index contributed by atoms with van der Waals surface area (Å²) in [5.41, 5.74) is 0.320. The van der Waals surface area contributed by atoms with E-state index in [1.807, 2.05) is 23.5 Å². The third kappa shape index (κ3) is 3.14. The van der Waals surface area contributed by atoms with Crippen molar-refractivity contribution >= 4 is 28.7 Å². The van der Waals surface area contributed by atoms with E-state index >= 15 is 0 Å². The number of aliphatic imine (C=N–C) groups is 1. The zero-order valence-electron chi connectivity index (χ0n) is 11.2. The van der Waals surface area contributed by atoms with Gasteiger partial charge in [-0.05, 0) is 38.4 Å². The predicted molar refractivity (Wildman–Crippen MR) is 81.3 cm³/mol. The molecule has 2 aliphatic rings. The Hall–Kier alpha value is 0.170. The monoisotopic (exact) mass is 272 g/mol. The van der Waals surface area contributed by atoms with Crippen LogP contribution in [0.4, 0.5) is 0 Å². The molecule has 0 aromatic heterocycles. The van der Waals surface area contributed by atoms with Crippen LogP contribution in [0.1, 0.15) is 46.0 Å². The Morgan fingerprint density at radius 1 is 1.41 bits per heavy atom. The summed E-state index contributed by atoms with van der Waals surface area (Å²) in [6.45, 7) is 4.55. The van der Waals surface area contributed by atoms with Gasteiger partial charge in [-0.2, -0.15) is 11.8 Å². The second-order valence-corrected chi connectivity index (χ2v) is 7.26. The van der Waals surface area contributed by atoms with Gasteiger partial charge in [-0.15, -0.1) is 0 Å². The number of nitrogens with one attached hydrogen (secondary N) is 1. The normalized spacial score (nSPS) is 34.2. The first kappa shape index (κ1) is 13.6. The number of rotatable bonds is 4. The maximum Gasteiger partial charge on any atom is 0.157 e. The van der Waals surface area contributed by atoms with Gasteiger partial charge < -0.3 is 5.32 Å². The van der Waals surface area contributed by atoms with Crippen molar-refractivity contribution in [1.29, 1.82) is 0 Å². The fourth-order valence-corrected chi connectivity index (χ4v) is 4.81. The van der Waals surface area contributed by atoms with Gasteiger partial charge in [-0.25, -0.2) is 0 Å². The molecule has 1 aliphatic carbocycles. The Labute approximate surface area is 114 Å². The van der Waals surface area contributed by atoms with Crippen LogP contribution in [0.25, 0.3) is 0 Å². The molecule has 1 saturated heterocycles. The van der Waals surface area contributed by atoms with Crippen molar-refractivity contribution in [2.75, 3.05) is 12.0 Å². The molecule has 0 aromatic rings. The van der Waals surface area contributed by atoms with Crippen LogP contribution in [0.5, 0.6) is 0 Å². The first-order valence-electron chi connectivity index (χ1n) is 6.73. The first-order chi connectivity index (χ1) is 8.21. The molecule has 4 heteroatoms. The highest BCUT2D eigenvalue weighted by Gasteiger charge is 2.34. The lowest BCUT2D eigenvalue weighted by Gasteiger charge is -2.25. The second-order valence-electron chi connectivity index (χ2n) is 5.16. The van der Waals surface area contributed by atoms with Crippen LogP contribution >= 0.6 is 23.5 Å². The van der Waals surface area contributed by atoms with E-state index in [-0.39, 0.29) is 0 Å². The van der Waals surface area contributed by atoms with Gasteiger partial charge in [0.2, 0.25) is 0 Å². The summed E-state index contributed by atoms with van der Waals surface area (Å²) in [4.78, 5) is 4.92. The van der Waals surface area contributed by atoms with Gasteiger partial charge >= 0.3 is 0 Å². The third-order valence-electron chi connectivity index (χ3n) is 4.20. The van der Waals surface area contributed by atoms with Crippen molar-refractivity contribution < 1.29 is 0 Å².